The zero-order valence-electron chi connectivity index (χ0n) is 9.93. The molecule has 1 atom stereocenters. The Hall–Kier alpha value is -1.17. The summed E-state index contributed by atoms with van der Waals surface area (Å²) in [6.45, 7) is 1.91. The quantitative estimate of drug-likeness (QED) is 0.828. The van der Waals surface area contributed by atoms with E-state index in [-0.39, 0.29) is 12.6 Å². The highest BCUT2D eigenvalue weighted by Gasteiger charge is 2.13. The number of nitrogens with one attached hydrogen (secondary N) is 1. The van der Waals surface area contributed by atoms with Gasteiger partial charge in [0.25, 0.3) is 0 Å². The maximum absolute atomic E-state index is 9.13. The first kappa shape index (κ1) is 13.3. The third kappa shape index (κ3) is 3.41. The second-order valence-corrected chi connectivity index (χ2v) is 5.21. The summed E-state index contributed by atoms with van der Waals surface area (Å²) in [5.41, 5.74) is 0. The SMILES string of the molecule is Cc1nc(Cl)cc(N[C@H](CCO)c2cccs2)n1. The van der Waals surface area contributed by atoms with Crippen LogP contribution in [0.2, 0.25) is 5.15 Å². The van der Waals surface area contributed by atoms with Crippen molar-refractivity contribution in [3.8, 4) is 0 Å². The molecule has 2 heterocycles. The Morgan fingerprint density at radius 2 is 2.33 bits per heavy atom. The monoisotopic (exact) mass is 283 g/mol. The largest absolute Gasteiger partial charge is 0.396 e. The molecule has 0 aromatic carbocycles. The van der Waals surface area contributed by atoms with E-state index >= 15 is 0 Å². The summed E-state index contributed by atoms with van der Waals surface area (Å²) in [6, 6.07) is 5.75. The van der Waals surface area contributed by atoms with Gasteiger partial charge in [-0.1, -0.05) is 17.7 Å². The molecule has 0 spiro atoms. The molecule has 96 valence electrons. The molecule has 0 aliphatic carbocycles. The van der Waals surface area contributed by atoms with Crippen molar-refractivity contribution in [3.05, 3.63) is 39.4 Å². The maximum Gasteiger partial charge on any atom is 0.134 e. The van der Waals surface area contributed by atoms with Crippen molar-refractivity contribution in [2.75, 3.05) is 11.9 Å². The normalized spacial score (nSPS) is 12.4. The third-order valence-corrected chi connectivity index (χ3v) is 3.61. The van der Waals surface area contributed by atoms with Crippen LogP contribution in [-0.2, 0) is 0 Å². The molecule has 0 radical (unpaired) electrons. The Kier molecular flexibility index (Phi) is 4.52. The summed E-state index contributed by atoms with van der Waals surface area (Å²) in [4.78, 5) is 9.46. The summed E-state index contributed by atoms with van der Waals surface area (Å²) in [6.07, 6.45) is 0.626. The van der Waals surface area contributed by atoms with Gasteiger partial charge in [0.15, 0.2) is 0 Å². The van der Waals surface area contributed by atoms with Gasteiger partial charge in [-0.2, -0.15) is 0 Å². The fourth-order valence-corrected chi connectivity index (χ4v) is 2.73. The van der Waals surface area contributed by atoms with Gasteiger partial charge in [0.2, 0.25) is 0 Å². The van der Waals surface area contributed by atoms with Crippen molar-refractivity contribution in [3.63, 3.8) is 0 Å². The van der Waals surface area contributed by atoms with E-state index in [0.29, 0.717) is 23.2 Å². The summed E-state index contributed by atoms with van der Waals surface area (Å²) < 4.78 is 0. The summed E-state index contributed by atoms with van der Waals surface area (Å²) in [7, 11) is 0. The molecule has 2 aromatic rings. The average Bonchev–Trinajstić information content (AvgIpc) is 2.80. The number of rotatable bonds is 5. The summed E-state index contributed by atoms with van der Waals surface area (Å²) in [5.74, 6) is 1.30. The van der Waals surface area contributed by atoms with Crippen LogP contribution in [0.5, 0.6) is 0 Å². The Balaban J connectivity index is 2.18. The number of aliphatic hydroxyl groups is 1. The minimum atomic E-state index is 0.0420. The van der Waals surface area contributed by atoms with Crippen molar-refractivity contribution in [1.82, 2.24) is 9.97 Å². The van der Waals surface area contributed by atoms with Gasteiger partial charge in [-0.05, 0) is 24.8 Å². The van der Waals surface area contributed by atoms with E-state index < -0.39 is 0 Å². The number of thiophene rings is 1. The van der Waals surface area contributed by atoms with Gasteiger partial charge in [-0.15, -0.1) is 11.3 Å². The Morgan fingerprint density at radius 3 is 2.94 bits per heavy atom. The lowest BCUT2D eigenvalue weighted by molar-refractivity contribution is 0.280. The van der Waals surface area contributed by atoms with Crippen molar-refractivity contribution >= 4 is 28.8 Å². The minimum Gasteiger partial charge on any atom is -0.396 e. The molecule has 0 saturated carbocycles. The van der Waals surface area contributed by atoms with Crippen LogP contribution < -0.4 is 5.32 Å². The second-order valence-electron chi connectivity index (χ2n) is 3.85. The predicted octanol–water partition coefficient (Wildman–Crippen LogP) is 3.04. The molecule has 0 bridgehead atoms. The van der Waals surface area contributed by atoms with E-state index in [1.165, 1.54) is 0 Å². The molecule has 18 heavy (non-hydrogen) atoms. The van der Waals surface area contributed by atoms with Gasteiger partial charge in [0.1, 0.15) is 16.8 Å². The highest BCUT2D eigenvalue weighted by molar-refractivity contribution is 7.10. The van der Waals surface area contributed by atoms with Crippen LogP contribution in [0.25, 0.3) is 0 Å². The van der Waals surface area contributed by atoms with Crippen LogP contribution >= 0.6 is 22.9 Å². The lowest BCUT2D eigenvalue weighted by atomic mass is 10.2. The molecule has 0 aliphatic heterocycles. The minimum absolute atomic E-state index is 0.0420. The molecule has 2 aromatic heterocycles. The Labute approximate surface area is 115 Å². The Morgan fingerprint density at radius 1 is 1.50 bits per heavy atom. The molecular formula is C12H14ClN3OS. The lowest BCUT2D eigenvalue weighted by Gasteiger charge is -2.17. The first-order valence-corrected chi connectivity index (χ1v) is 6.87. The molecular weight excluding hydrogens is 270 g/mol. The number of halogens is 1. The highest BCUT2D eigenvalue weighted by Crippen LogP contribution is 2.26. The van der Waals surface area contributed by atoms with Gasteiger partial charge in [0, 0.05) is 17.6 Å². The lowest BCUT2D eigenvalue weighted by Crippen LogP contribution is -2.12. The van der Waals surface area contributed by atoms with E-state index in [9.17, 15) is 0 Å². The van der Waals surface area contributed by atoms with E-state index in [1.54, 1.807) is 24.3 Å². The summed E-state index contributed by atoms with van der Waals surface area (Å²) in [5, 5.41) is 14.8. The molecule has 2 rings (SSSR count). The summed E-state index contributed by atoms with van der Waals surface area (Å²) >= 11 is 7.55. The maximum atomic E-state index is 9.13. The van der Waals surface area contributed by atoms with Crippen LogP contribution in [0.15, 0.2) is 23.6 Å². The third-order valence-electron chi connectivity index (χ3n) is 2.43. The first-order chi connectivity index (χ1) is 8.69. The molecule has 0 saturated heterocycles. The smallest absolute Gasteiger partial charge is 0.134 e. The van der Waals surface area contributed by atoms with Crippen molar-refractivity contribution in [1.29, 1.82) is 0 Å². The number of aryl methyl sites for hydroxylation is 1. The van der Waals surface area contributed by atoms with Crippen molar-refractivity contribution in [2.45, 2.75) is 19.4 Å². The topological polar surface area (TPSA) is 58.0 Å². The molecule has 0 unspecified atom stereocenters. The van der Waals surface area contributed by atoms with Gasteiger partial charge >= 0.3 is 0 Å². The first-order valence-electron chi connectivity index (χ1n) is 5.61. The Bertz CT molecular complexity index is 484. The zero-order chi connectivity index (χ0) is 13.0. The van der Waals surface area contributed by atoms with E-state index in [0.717, 1.165) is 4.88 Å². The predicted molar refractivity (Wildman–Crippen MR) is 74.2 cm³/mol. The molecule has 2 N–H and O–H groups in total. The van der Waals surface area contributed by atoms with Crippen LogP contribution in [0, 0.1) is 6.92 Å². The highest BCUT2D eigenvalue weighted by atomic mass is 35.5. The van der Waals surface area contributed by atoms with Gasteiger partial charge in [0.05, 0.1) is 6.04 Å². The fourth-order valence-electron chi connectivity index (χ4n) is 1.69. The van der Waals surface area contributed by atoms with E-state index in [1.807, 2.05) is 17.5 Å². The van der Waals surface area contributed by atoms with E-state index in [2.05, 4.69) is 15.3 Å². The number of hydrogen-bond donors (Lipinski definition) is 2. The number of anilines is 1. The average molecular weight is 284 g/mol. The van der Waals surface area contributed by atoms with Crippen molar-refractivity contribution < 1.29 is 5.11 Å². The molecule has 0 aliphatic rings. The number of aromatic nitrogens is 2. The fraction of sp³-hybridized carbons (Fsp3) is 0.333. The van der Waals surface area contributed by atoms with Gasteiger partial charge in [-0.3, -0.25) is 0 Å². The second kappa shape index (κ2) is 6.13. The van der Waals surface area contributed by atoms with Crippen LogP contribution in [0.1, 0.15) is 23.2 Å². The van der Waals surface area contributed by atoms with E-state index in [4.69, 9.17) is 16.7 Å². The standard InChI is InChI=1S/C12H14ClN3OS/c1-8-14-11(13)7-12(15-8)16-9(4-5-17)10-3-2-6-18-10/h2-3,6-7,9,17H,4-5H2,1H3,(H,14,15,16)/t9-/m1/s1. The number of aliphatic hydroxyl groups excluding tert-OH is 1. The number of nitrogens with zero attached hydrogens (tertiary/aromatic N) is 2. The van der Waals surface area contributed by atoms with Crippen LogP contribution in [-0.4, -0.2) is 21.7 Å². The van der Waals surface area contributed by atoms with Crippen LogP contribution in [0.4, 0.5) is 5.82 Å². The molecule has 6 heteroatoms. The zero-order valence-corrected chi connectivity index (χ0v) is 11.5. The molecule has 0 amide bonds. The number of hydrogen-bond acceptors (Lipinski definition) is 5. The molecule has 0 fully saturated rings. The van der Waals surface area contributed by atoms with Crippen LogP contribution in [0.3, 0.4) is 0 Å². The van der Waals surface area contributed by atoms with Gasteiger partial charge in [-0.25, -0.2) is 9.97 Å². The van der Waals surface area contributed by atoms with Gasteiger partial charge < -0.3 is 10.4 Å². The van der Waals surface area contributed by atoms with Crippen molar-refractivity contribution in [2.24, 2.45) is 0 Å². The molecule has 4 nitrogen and oxygen atoms in total.